The van der Waals surface area contributed by atoms with Gasteiger partial charge in [0.15, 0.2) is 5.96 Å². The molecule has 0 amide bonds. The third kappa shape index (κ3) is 7.85. The predicted molar refractivity (Wildman–Crippen MR) is 108 cm³/mol. The standard InChI is InChI=1S/C21H34FN3O2/c1-4-23-20(24-11-7-12-26-15-19-10-6-13-27-19)25-16-21(2,3)17-8-5-9-18(22)14-17/h5,8-9,14,19H,4,6-7,10-13,15-16H2,1-3H3,(H2,23,24,25). The summed E-state index contributed by atoms with van der Waals surface area (Å²) in [6.07, 6.45) is 3.44. The van der Waals surface area contributed by atoms with Crippen molar-refractivity contribution in [2.45, 2.75) is 51.6 Å². The molecule has 5 nitrogen and oxygen atoms in total. The molecule has 2 N–H and O–H groups in total. The van der Waals surface area contributed by atoms with E-state index in [9.17, 15) is 4.39 Å². The predicted octanol–water partition coefficient (Wildman–Crippen LogP) is 3.24. The Labute approximate surface area is 162 Å². The van der Waals surface area contributed by atoms with Crippen molar-refractivity contribution in [2.24, 2.45) is 4.99 Å². The number of nitrogens with zero attached hydrogens (tertiary/aromatic N) is 1. The maximum Gasteiger partial charge on any atom is 0.191 e. The first-order chi connectivity index (χ1) is 13.0. The van der Waals surface area contributed by atoms with E-state index in [0.29, 0.717) is 19.8 Å². The van der Waals surface area contributed by atoms with Crippen LogP contribution in [0.2, 0.25) is 0 Å². The largest absolute Gasteiger partial charge is 0.379 e. The highest BCUT2D eigenvalue weighted by molar-refractivity contribution is 5.79. The lowest BCUT2D eigenvalue weighted by Crippen LogP contribution is -2.39. The molecule has 1 aliphatic rings. The third-order valence-corrected chi connectivity index (χ3v) is 4.67. The fourth-order valence-corrected chi connectivity index (χ4v) is 2.99. The molecule has 2 rings (SSSR count). The van der Waals surface area contributed by atoms with Gasteiger partial charge in [-0.15, -0.1) is 0 Å². The molecule has 152 valence electrons. The number of aliphatic imine (C=N–C) groups is 1. The first-order valence-corrected chi connectivity index (χ1v) is 9.99. The second-order valence-corrected chi connectivity index (χ2v) is 7.58. The Balaban J connectivity index is 1.74. The average Bonchev–Trinajstić information content (AvgIpc) is 3.16. The van der Waals surface area contributed by atoms with Crippen molar-refractivity contribution in [3.8, 4) is 0 Å². The van der Waals surface area contributed by atoms with Crippen LogP contribution in [0.25, 0.3) is 0 Å². The van der Waals surface area contributed by atoms with Gasteiger partial charge >= 0.3 is 0 Å². The SMILES string of the molecule is CCNC(=NCC(C)(C)c1cccc(F)c1)NCCCOCC1CCCO1. The summed E-state index contributed by atoms with van der Waals surface area (Å²) in [7, 11) is 0. The third-order valence-electron chi connectivity index (χ3n) is 4.67. The average molecular weight is 380 g/mol. The van der Waals surface area contributed by atoms with Crippen molar-refractivity contribution >= 4 is 5.96 Å². The van der Waals surface area contributed by atoms with Crippen molar-refractivity contribution < 1.29 is 13.9 Å². The van der Waals surface area contributed by atoms with Crippen LogP contribution in [-0.4, -0.2) is 51.5 Å². The van der Waals surface area contributed by atoms with Crippen LogP contribution in [0, 0.1) is 5.82 Å². The maximum atomic E-state index is 13.5. The molecule has 1 atom stereocenters. The van der Waals surface area contributed by atoms with Crippen molar-refractivity contribution in [2.75, 3.05) is 39.5 Å². The van der Waals surface area contributed by atoms with Gasteiger partial charge in [-0.1, -0.05) is 26.0 Å². The Hall–Kier alpha value is -1.66. The molecule has 0 aromatic heterocycles. The molecule has 6 heteroatoms. The minimum atomic E-state index is -0.241. The van der Waals surface area contributed by atoms with E-state index in [1.165, 1.54) is 6.07 Å². The molecule has 0 spiro atoms. The molecule has 1 fully saturated rings. The van der Waals surface area contributed by atoms with E-state index in [1.54, 1.807) is 12.1 Å². The summed E-state index contributed by atoms with van der Waals surface area (Å²) in [6, 6.07) is 6.75. The van der Waals surface area contributed by atoms with Gasteiger partial charge in [0.2, 0.25) is 0 Å². The van der Waals surface area contributed by atoms with Crippen LogP contribution in [0.3, 0.4) is 0 Å². The van der Waals surface area contributed by atoms with Gasteiger partial charge in [0, 0.05) is 31.7 Å². The molecular formula is C21H34FN3O2. The number of ether oxygens (including phenoxy) is 2. The number of benzene rings is 1. The molecule has 1 heterocycles. The zero-order chi connectivity index (χ0) is 19.5. The van der Waals surface area contributed by atoms with Gasteiger partial charge in [0.05, 0.1) is 19.3 Å². The summed E-state index contributed by atoms with van der Waals surface area (Å²) in [5.41, 5.74) is 0.708. The molecule has 1 aromatic carbocycles. The lowest BCUT2D eigenvalue weighted by atomic mass is 9.85. The van der Waals surface area contributed by atoms with Gasteiger partial charge in [-0.2, -0.15) is 0 Å². The molecule has 1 aliphatic heterocycles. The topological polar surface area (TPSA) is 54.9 Å². The fraction of sp³-hybridized carbons (Fsp3) is 0.667. The summed E-state index contributed by atoms with van der Waals surface area (Å²) in [4.78, 5) is 4.68. The number of hydrogen-bond donors (Lipinski definition) is 2. The molecule has 0 radical (unpaired) electrons. The lowest BCUT2D eigenvalue weighted by molar-refractivity contribution is 0.0168. The second-order valence-electron chi connectivity index (χ2n) is 7.58. The summed E-state index contributed by atoms with van der Waals surface area (Å²) in [5, 5.41) is 6.60. The van der Waals surface area contributed by atoms with Crippen LogP contribution in [0.15, 0.2) is 29.3 Å². The van der Waals surface area contributed by atoms with Gasteiger partial charge < -0.3 is 20.1 Å². The van der Waals surface area contributed by atoms with E-state index in [-0.39, 0.29) is 17.3 Å². The summed E-state index contributed by atoms with van der Waals surface area (Å²) in [6.45, 7) is 10.6. The monoisotopic (exact) mass is 379 g/mol. The smallest absolute Gasteiger partial charge is 0.191 e. The van der Waals surface area contributed by atoms with E-state index in [0.717, 1.165) is 50.5 Å². The highest BCUT2D eigenvalue weighted by atomic mass is 19.1. The van der Waals surface area contributed by atoms with Crippen LogP contribution >= 0.6 is 0 Å². The minimum Gasteiger partial charge on any atom is -0.379 e. The van der Waals surface area contributed by atoms with E-state index in [4.69, 9.17) is 9.47 Å². The second kappa shape index (κ2) is 11.2. The Morgan fingerprint density at radius 2 is 2.22 bits per heavy atom. The lowest BCUT2D eigenvalue weighted by Gasteiger charge is -2.24. The Morgan fingerprint density at radius 3 is 2.93 bits per heavy atom. The summed E-state index contributed by atoms with van der Waals surface area (Å²) in [5.74, 6) is 0.568. The summed E-state index contributed by atoms with van der Waals surface area (Å²) < 4.78 is 24.7. The molecule has 27 heavy (non-hydrogen) atoms. The first-order valence-electron chi connectivity index (χ1n) is 9.99. The highest BCUT2D eigenvalue weighted by Gasteiger charge is 2.21. The molecule has 0 aliphatic carbocycles. The van der Waals surface area contributed by atoms with E-state index in [2.05, 4.69) is 29.5 Å². The Morgan fingerprint density at radius 1 is 1.37 bits per heavy atom. The Kier molecular flexibility index (Phi) is 9.01. The van der Waals surface area contributed by atoms with Crippen molar-refractivity contribution in [3.63, 3.8) is 0 Å². The summed E-state index contributed by atoms with van der Waals surface area (Å²) >= 11 is 0. The van der Waals surface area contributed by atoms with Crippen molar-refractivity contribution in [3.05, 3.63) is 35.6 Å². The number of halogens is 1. The van der Waals surface area contributed by atoms with Gasteiger partial charge in [0.1, 0.15) is 5.82 Å². The molecule has 0 bridgehead atoms. The van der Waals surface area contributed by atoms with Crippen LogP contribution in [0.1, 0.15) is 45.6 Å². The number of guanidine groups is 1. The van der Waals surface area contributed by atoms with Gasteiger partial charge in [-0.25, -0.2) is 4.39 Å². The molecular weight excluding hydrogens is 345 g/mol. The van der Waals surface area contributed by atoms with Gasteiger partial charge in [0.25, 0.3) is 0 Å². The molecule has 1 unspecified atom stereocenters. The number of hydrogen-bond acceptors (Lipinski definition) is 3. The minimum absolute atomic E-state index is 0.211. The molecule has 1 aromatic rings. The van der Waals surface area contributed by atoms with Crippen LogP contribution < -0.4 is 10.6 Å². The molecule has 1 saturated heterocycles. The zero-order valence-electron chi connectivity index (χ0n) is 16.9. The zero-order valence-corrected chi connectivity index (χ0v) is 16.9. The van der Waals surface area contributed by atoms with Gasteiger partial charge in [-0.3, -0.25) is 4.99 Å². The van der Waals surface area contributed by atoms with Crippen LogP contribution in [-0.2, 0) is 14.9 Å². The van der Waals surface area contributed by atoms with Crippen LogP contribution in [0.4, 0.5) is 4.39 Å². The van der Waals surface area contributed by atoms with E-state index in [1.807, 2.05) is 13.0 Å². The number of rotatable bonds is 10. The van der Waals surface area contributed by atoms with E-state index >= 15 is 0 Å². The van der Waals surface area contributed by atoms with E-state index < -0.39 is 0 Å². The fourth-order valence-electron chi connectivity index (χ4n) is 2.99. The van der Waals surface area contributed by atoms with Gasteiger partial charge in [-0.05, 0) is 43.9 Å². The Bertz CT molecular complexity index is 587. The van der Waals surface area contributed by atoms with Crippen LogP contribution in [0.5, 0.6) is 0 Å². The molecule has 0 saturated carbocycles. The maximum absolute atomic E-state index is 13.5. The normalized spacial score (nSPS) is 17.9. The number of nitrogens with one attached hydrogen (secondary N) is 2. The highest BCUT2D eigenvalue weighted by Crippen LogP contribution is 2.24. The van der Waals surface area contributed by atoms with Crippen molar-refractivity contribution in [1.82, 2.24) is 10.6 Å². The van der Waals surface area contributed by atoms with Crippen molar-refractivity contribution in [1.29, 1.82) is 0 Å². The quantitative estimate of drug-likeness (QED) is 0.372. The first kappa shape index (κ1) is 21.6.